The van der Waals surface area contributed by atoms with E-state index in [2.05, 4.69) is 32.5 Å². The van der Waals surface area contributed by atoms with E-state index in [1.54, 1.807) is 15.4 Å². The van der Waals surface area contributed by atoms with Crippen LogP contribution in [0.15, 0.2) is 36.7 Å². The summed E-state index contributed by atoms with van der Waals surface area (Å²) >= 11 is 0. The SMILES string of the molecule is CC[C@H](Oc1cc(-c2nnn(C3CCN(C#N)CC3)c2C)cc2ncc(C#N)n12)c1ccc(F)cn1. The summed E-state index contributed by atoms with van der Waals surface area (Å²) in [7, 11) is 0. The van der Waals surface area contributed by atoms with Gasteiger partial charge in [0.25, 0.3) is 0 Å². The van der Waals surface area contributed by atoms with E-state index in [1.807, 2.05) is 30.7 Å². The number of hydrogen-bond acceptors (Lipinski definition) is 8. The van der Waals surface area contributed by atoms with Crippen LogP contribution in [0.5, 0.6) is 5.88 Å². The number of piperidine rings is 1. The summed E-state index contributed by atoms with van der Waals surface area (Å²) in [6.07, 6.45) is 6.62. The Hall–Kier alpha value is -4.51. The first-order chi connectivity index (χ1) is 17.5. The minimum atomic E-state index is -0.458. The van der Waals surface area contributed by atoms with Crippen molar-refractivity contribution < 1.29 is 9.13 Å². The van der Waals surface area contributed by atoms with Crippen molar-refractivity contribution in [3.8, 4) is 29.4 Å². The highest BCUT2D eigenvalue weighted by atomic mass is 19.1. The van der Waals surface area contributed by atoms with Gasteiger partial charge in [-0.2, -0.15) is 10.5 Å². The van der Waals surface area contributed by atoms with E-state index in [0.29, 0.717) is 48.1 Å². The first-order valence-corrected chi connectivity index (χ1v) is 11.8. The fourth-order valence-electron chi connectivity index (χ4n) is 4.62. The molecule has 0 radical (unpaired) electrons. The molecule has 4 aromatic rings. The van der Waals surface area contributed by atoms with Crippen LogP contribution in [0.4, 0.5) is 4.39 Å². The Morgan fingerprint density at radius 3 is 2.64 bits per heavy atom. The number of nitrogens with zero attached hydrogens (tertiary/aromatic N) is 9. The third kappa shape index (κ3) is 4.20. The summed E-state index contributed by atoms with van der Waals surface area (Å²) in [4.78, 5) is 10.3. The number of rotatable bonds is 6. The molecule has 182 valence electrons. The van der Waals surface area contributed by atoms with Crippen molar-refractivity contribution in [3.05, 3.63) is 59.6 Å². The molecule has 1 aliphatic heterocycles. The zero-order valence-corrected chi connectivity index (χ0v) is 20.0. The second kappa shape index (κ2) is 9.62. The average Bonchev–Trinajstić information content (AvgIpc) is 3.51. The van der Waals surface area contributed by atoms with Crippen LogP contribution in [0.3, 0.4) is 0 Å². The number of imidazole rings is 1. The quantitative estimate of drug-likeness (QED) is 0.376. The Bertz CT molecular complexity index is 1470. The molecule has 0 N–H and O–H groups in total. The monoisotopic (exact) mass is 485 g/mol. The Morgan fingerprint density at radius 1 is 1.17 bits per heavy atom. The molecule has 1 fully saturated rings. The first kappa shape index (κ1) is 23.2. The molecule has 0 unspecified atom stereocenters. The standard InChI is InChI=1S/C25H24FN9O/c1-3-22(21-5-4-18(26)13-29-21)36-24-11-17(10-23-30-14-20(12-27)34(23)24)25-16(2)35(32-31-25)19-6-8-33(15-28)9-7-19/h4-5,10-11,13-14,19,22H,3,6-9H2,1-2H3/t22-/m0/s1. The summed E-state index contributed by atoms with van der Waals surface area (Å²) < 4.78 is 23.3. The molecular formula is C25H24FN9O. The Labute approximate surface area is 207 Å². The number of fused-ring (bicyclic) bond motifs is 1. The van der Waals surface area contributed by atoms with Crippen molar-refractivity contribution in [1.29, 1.82) is 10.5 Å². The van der Waals surface area contributed by atoms with Gasteiger partial charge in [0.1, 0.15) is 35.0 Å². The highest BCUT2D eigenvalue weighted by Crippen LogP contribution is 2.33. The summed E-state index contributed by atoms with van der Waals surface area (Å²) in [6, 6.07) is 8.93. The molecule has 5 rings (SSSR count). The second-order valence-corrected chi connectivity index (χ2v) is 8.73. The summed E-state index contributed by atoms with van der Waals surface area (Å²) in [5.41, 5.74) is 3.81. The summed E-state index contributed by atoms with van der Waals surface area (Å²) in [5, 5.41) is 27.7. The lowest BCUT2D eigenvalue weighted by molar-refractivity contribution is 0.185. The lowest BCUT2D eigenvalue weighted by Gasteiger charge is -2.28. The van der Waals surface area contributed by atoms with Crippen molar-refractivity contribution in [2.75, 3.05) is 13.1 Å². The maximum atomic E-state index is 13.4. The maximum Gasteiger partial charge on any atom is 0.201 e. The number of likely N-dealkylation sites (tertiary alicyclic amines) is 1. The normalized spacial score (nSPS) is 15.0. The van der Waals surface area contributed by atoms with Crippen LogP contribution < -0.4 is 4.74 Å². The Morgan fingerprint density at radius 2 is 1.97 bits per heavy atom. The zero-order chi connectivity index (χ0) is 25.2. The van der Waals surface area contributed by atoms with Gasteiger partial charge in [-0.05, 0) is 44.4 Å². The topological polar surface area (TPSA) is 121 Å². The van der Waals surface area contributed by atoms with E-state index >= 15 is 0 Å². The van der Waals surface area contributed by atoms with Gasteiger partial charge in [0.15, 0.2) is 6.19 Å². The third-order valence-corrected chi connectivity index (χ3v) is 6.55. The zero-order valence-electron chi connectivity index (χ0n) is 20.0. The van der Waals surface area contributed by atoms with E-state index in [1.165, 1.54) is 12.3 Å². The lowest BCUT2D eigenvalue weighted by Crippen LogP contribution is -2.31. The van der Waals surface area contributed by atoms with E-state index in [-0.39, 0.29) is 6.04 Å². The van der Waals surface area contributed by atoms with Crippen molar-refractivity contribution in [2.45, 2.75) is 45.3 Å². The molecule has 10 nitrogen and oxygen atoms in total. The highest BCUT2D eigenvalue weighted by Gasteiger charge is 2.25. The number of aromatic nitrogens is 6. The van der Waals surface area contributed by atoms with Crippen molar-refractivity contribution in [2.24, 2.45) is 0 Å². The molecule has 0 aliphatic carbocycles. The average molecular weight is 486 g/mol. The van der Waals surface area contributed by atoms with Gasteiger partial charge in [-0.1, -0.05) is 12.1 Å². The van der Waals surface area contributed by atoms with Gasteiger partial charge in [-0.25, -0.2) is 14.1 Å². The van der Waals surface area contributed by atoms with Crippen LogP contribution in [0, 0.1) is 35.5 Å². The molecule has 0 spiro atoms. The van der Waals surface area contributed by atoms with Gasteiger partial charge >= 0.3 is 0 Å². The maximum absolute atomic E-state index is 13.4. The smallest absolute Gasteiger partial charge is 0.201 e. The number of nitriles is 2. The van der Waals surface area contributed by atoms with Crippen LogP contribution >= 0.6 is 0 Å². The van der Waals surface area contributed by atoms with Gasteiger partial charge in [0, 0.05) is 24.7 Å². The van der Waals surface area contributed by atoms with Gasteiger partial charge in [0.2, 0.25) is 5.88 Å². The predicted octanol–water partition coefficient (Wildman–Crippen LogP) is 3.96. The lowest BCUT2D eigenvalue weighted by atomic mass is 10.0. The minimum Gasteiger partial charge on any atom is -0.469 e. The summed E-state index contributed by atoms with van der Waals surface area (Å²) in [6.45, 7) is 5.31. The molecule has 0 aromatic carbocycles. The number of halogens is 1. The van der Waals surface area contributed by atoms with E-state index in [9.17, 15) is 9.65 Å². The molecule has 0 amide bonds. The fourth-order valence-corrected chi connectivity index (χ4v) is 4.62. The Balaban J connectivity index is 1.53. The molecule has 36 heavy (non-hydrogen) atoms. The number of ether oxygens (including phenoxy) is 1. The van der Waals surface area contributed by atoms with Crippen LogP contribution in [0.25, 0.3) is 16.9 Å². The van der Waals surface area contributed by atoms with Crippen LogP contribution in [-0.2, 0) is 0 Å². The van der Waals surface area contributed by atoms with E-state index in [4.69, 9.17) is 10.00 Å². The molecule has 0 saturated carbocycles. The summed E-state index contributed by atoms with van der Waals surface area (Å²) in [5.74, 6) is -0.0120. The molecule has 5 heterocycles. The molecule has 11 heteroatoms. The van der Waals surface area contributed by atoms with Crippen molar-refractivity contribution in [1.82, 2.24) is 34.3 Å². The Kier molecular flexibility index (Phi) is 6.21. The van der Waals surface area contributed by atoms with Crippen LogP contribution in [-0.4, -0.2) is 47.4 Å². The molecule has 0 bridgehead atoms. The van der Waals surface area contributed by atoms with Gasteiger partial charge in [-0.3, -0.25) is 9.38 Å². The number of pyridine rings is 2. The third-order valence-electron chi connectivity index (χ3n) is 6.55. The van der Waals surface area contributed by atoms with E-state index in [0.717, 1.165) is 30.3 Å². The van der Waals surface area contributed by atoms with Gasteiger partial charge in [0.05, 0.1) is 29.8 Å². The number of hydrogen-bond donors (Lipinski definition) is 0. The van der Waals surface area contributed by atoms with Crippen LogP contribution in [0.1, 0.15) is 55.4 Å². The van der Waals surface area contributed by atoms with E-state index < -0.39 is 11.9 Å². The van der Waals surface area contributed by atoms with Crippen molar-refractivity contribution in [3.63, 3.8) is 0 Å². The largest absolute Gasteiger partial charge is 0.469 e. The van der Waals surface area contributed by atoms with Crippen LogP contribution in [0.2, 0.25) is 0 Å². The molecule has 1 aliphatic rings. The predicted molar refractivity (Wildman–Crippen MR) is 127 cm³/mol. The second-order valence-electron chi connectivity index (χ2n) is 8.73. The molecule has 4 aromatic heterocycles. The van der Waals surface area contributed by atoms with Gasteiger partial charge < -0.3 is 9.64 Å². The molecular weight excluding hydrogens is 461 g/mol. The first-order valence-electron chi connectivity index (χ1n) is 11.8. The van der Waals surface area contributed by atoms with Gasteiger partial charge in [-0.15, -0.1) is 5.10 Å². The minimum absolute atomic E-state index is 0.168. The highest BCUT2D eigenvalue weighted by molar-refractivity contribution is 5.68. The molecule has 1 atom stereocenters. The fraction of sp³-hybridized carbons (Fsp3) is 0.360. The van der Waals surface area contributed by atoms with Crippen molar-refractivity contribution >= 4 is 5.65 Å². The molecule has 1 saturated heterocycles.